The number of hydrogen-bond acceptors (Lipinski definition) is 5. The second-order valence-electron chi connectivity index (χ2n) is 5.83. The summed E-state index contributed by atoms with van der Waals surface area (Å²) in [6.45, 7) is 1.54. The molecule has 27 heavy (non-hydrogen) atoms. The number of aryl methyl sites for hydroxylation is 2. The van der Waals surface area contributed by atoms with Crippen molar-refractivity contribution in [3.8, 4) is 18.1 Å². The second kappa shape index (κ2) is 7.64. The number of halogens is 1. The van der Waals surface area contributed by atoms with Crippen LogP contribution < -0.4 is 5.56 Å². The fraction of sp³-hybridized carbons (Fsp3) is 0.150. The van der Waals surface area contributed by atoms with Crippen LogP contribution in [-0.4, -0.2) is 27.2 Å². The maximum absolute atomic E-state index is 12.8. The Bertz CT molecular complexity index is 1160. The van der Waals surface area contributed by atoms with Crippen molar-refractivity contribution in [1.82, 2.24) is 9.78 Å². The number of nitrogens with zero attached hydrogens (tertiary/aromatic N) is 3. The summed E-state index contributed by atoms with van der Waals surface area (Å²) in [5.41, 5.74) is 0.618. The minimum absolute atomic E-state index is 0.00488. The van der Waals surface area contributed by atoms with Gasteiger partial charge in [-0.1, -0.05) is 51.3 Å². The van der Waals surface area contributed by atoms with Crippen molar-refractivity contribution in [2.75, 3.05) is 6.61 Å². The Morgan fingerprint density at radius 2 is 2.15 bits per heavy atom. The van der Waals surface area contributed by atoms with Crippen LogP contribution in [0.2, 0.25) is 0 Å². The molecule has 136 valence electrons. The molecule has 0 radical (unpaired) electrons. The molecule has 0 aliphatic rings. The summed E-state index contributed by atoms with van der Waals surface area (Å²) in [6, 6.07) is 11.4. The van der Waals surface area contributed by atoms with Crippen molar-refractivity contribution >= 4 is 32.4 Å². The highest BCUT2D eigenvalue weighted by Crippen LogP contribution is 2.29. The lowest BCUT2D eigenvalue weighted by Gasteiger charge is -2.13. The van der Waals surface area contributed by atoms with Crippen molar-refractivity contribution < 1.29 is 9.94 Å². The van der Waals surface area contributed by atoms with Crippen molar-refractivity contribution in [2.45, 2.75) is 6.92 Å². The van der Waals surface area contributed by atoms with Crippen LogP contribution in [0.5, 0.6) is 5.75 Å². The van der Waals surface area contributed by atoms with E-state index in [1.165, 1.54) is 7.05 Å². The first-order valence-corrected chi connectivity index (χ1v) is 8.82. The number of rotatable bonds is 4. The molecule has 0 aliphatic carbocycles. The van der Waals surface area contributed by atoms with Gasteiger partial charge in [0, 0.05) is 17.1 Å². The van der Waals surface area contributed by atoms with E-state index in [1.807, 2.05) is 36.4 Å². The van der Waals surface area contributed by atoms with E-state index in [1.54, 1.807) is 6.92 Å². The first-order chi connectivity index (χ1) is 12.9. The third-order valence-electron chi connectivity index (χ3n) is 4.01. The number of oxime groups is 1. The van der Waals surface area contributed by atoms with Gasteiger partial charge >= 0.3 is 0 Å². The first kappa shape index (κ1) is 18.7. The standard InChI is InChI=1S/C20H16BrN3O3/c1-4-9-27-23-18(17-19(25)12(2)22-24(3)20(17)26)16-11-14(21)10-13-7-5-6-8-15(13)16/h1,5-8,10-11,25H,9H2,2-3H3/b23-18+. The van der Waals surface area contributed by atoms with Gasteiger partial charge in [0.05, 0.1) is 0 Å². The van der Waals surface area contributed by atoms with Gasteiger partial charge in [0.25, 0.3) is 5.56 Å². The molecule has 0 unspecified atom stereocenters. The lowest BCUT2D eigenvalue weighted by molar-refractivity contribution is 0.180. The Kier molecular flexibility index (Phi) is 5.28. The third-order valence-corrected chi connectivity index (χ3v) is 4.47. The number of benzene rings is 2. The minimum Gasteiger partial charge on any atom is -0.505 e. The highest BCUT2D eigenvalue weighted by molar-refractivity contribution is 9.10. The molecule has 0 aliphatic heterocycles. The van der Waals surface area contributed by atoms with Gasteiger partial charge in [-0.15, -0.1) is 6.42 Å². The summed E-state index contributed by atoms with van der Waals surface area (Å²) in [5, 5.41) is 20.5. The highest BCUT2D eigenvalue weighted by Gasteiger charge is 2.23. The smallest absolute Gasteiger partial charge is 0.279 e. The van der Waals surface area contributed by atoms with E-state index in [4.69, 9.17) is 11.3 Å². The predicted octanol–water partition coefficient (Wildman–Crippen LogP) is 3.11. The van der Waals surface area contributed by atoms with E-state index < -0.39 is 5.56 Å². The molecule has 0 amide bonds. The molecule has 3 aromatic rings. The van der Waals surface area contributed by atoms with Gasteiger partial charge in [0.1, 0.15) is 17.0 Å². The van der Waals surface area contributed by atoms with Gasteiger partial charge in [-0.3, -0.25) is 4.79 Å². The lowest BCUT2D eigenvalue weighted by atomic mass is 9.96. The number of terminal acetylenes is 1. The fourth-order valence-corrected chi connectivity index (χ4v) is 3.28. The molecule has 1 heterocycles. The van der Waals surface area contributed by atoms with Crippen LogP contribution in [0, 0.1) is 19.3 Å². The van der Waals surface area contributed by atoms with E-state index >= 15 is 0 Å². The third kappa shape index (κ3) is 3.57. The van der Waals surface area contributed by atoms with Crippen molar-refractivity contribution in [3.05, 3.63) is 68.0 Å². The zero-order valence-corrected chi connectivity index (χ0v) is 16.3. The Morgan fingerprint density at radius 3 is 2.89 bits per heavy atom. The Morgan fingerprint density at radius 1 is 1.41 bits per heavy atom. The molecular formula is C20H16BrN3O3. The maximum atomic E-state index is 12.8. The van der Waals surface area contributed by atoms with Gasteiger partial charge < -0.3 is 9.94 Å². The van der Waals surface area contributed by atoms with Gasteiger partial charge in [-0.25, -0.2) is 4.68 Å². The molecular weight excluding hydrogens is 410 g/mol. The quantitative estimate of drug-likeness (QED) is 0.301. The number of hydrogen-bond donors (Lipinski definition) is 1. The first-order valence-electron chi connectivity index (χ1n) is 8.03. The summed E-state index contributed by atoms with van der Waals surface area (Å²) < 4.78 is 1.95. The molecule has 7 heteroatoms. The molecule has 0 saturated carbocycles. The van der Waals surface area contributed by atoms with Crippen LogP contribution in [0.25, 0.3) is 10.8 Å². The Balaban J connectivity index is 2.39. The van der Waals surface area contributed by atoms with Crippen LogP contribution in [0.15, 0.2) is 50.8 Å². The van der Waals surface area contributed by atoms with E-state index in [9.17, 15) is 9.90 Å². The predicted molar refractivity (Wildman–Crippen MR) is 108 cm³/mol. The molecule has 6 nitrogen and oxygen atoms in total. The highest BCUT2D eigenvalue weighted by atomic mass is 79.9. The molecule has 1 aromatic heterocycles. The Hall–Kier alpha value is -3.11. The van der Waals surface area contributed by atoms with Gasteiger partial charge in [-0.2, -0.15) is 5.10 Å². The number of aromatic nitrogens is 2. The van der Waals surface area contributed by atoms with E-state index in [2.05, 4.69) is 32.1 Å². The summed E-state index contributed by atoms with van der Waals surface area (Å²) in [6.07, 6.45) is 5.24. The van der Waals surface area contributed by atoms with Crippen molar-refractivity contribution in [1.29, 1.82) is 0 Å². The maximum Gasteiger partial charge on any atom is 0.279 e. The average Bonchev–Trinajstić information content (AvgIpc) is 2.64. The van der Waals surface area contributed by atoms with Gasteiger partial charge in [0.15, 0.2) is 12.4 Å². The Labute approximate surface area is 164 Å². The molecule has 3 rings (SSSR count). The second-order valence-corrected chi connectivity index (χ2v) is 6.75. The molecule has 2 aromatic carbocycles. The van der Waals surface area contributed by atoms with Crippen LogP contribution in [0.4, 0.5) is 0 Å². The number of fused-ring (bicyclic) bond motifs is 1. The molecule has 1 N–H and O–H groups in total. The monoisotopic (exact) mass is 425 g/mol. The summed E-state index contributed by atoms with van der Waals surface area (Å²) in [7, 11) is 1.51. The summed E-state index contributed by atoms with van der Waals surface area (Å²) in [5.74, 6) is 2.08. The zero-order chi connectivity index (χ0) is 19.6. The molecule has 0 spiro atoms. The summed E-state index contributed by atoms with van der Waals surface area (Å²) in [4.78, 5) is 18.0. The lowest BCUT2D eigenvalue weighted by Crippen LogP contribution is -2.28. The fourth-order valence-electron chi connectivity index (χ4n) is 2.81. The number of aromatic hydroxyl groups is 1. The topological polar surface area (TPSA) is 76.7 Å². The van der Waals surface area contributed by atoms with Gasteiger partial charge in [0.2, 0.25) is 0 Å². The molecule has 0 bridgehead atoms. The van der Waals surface area contributed by atoms with Crippen molar-refractivity contribution in [3.63, 3.8) is 0 Å². The molecule has 0 fully saturated rings. The van der Waals surface area contributed by atoms with E-state index in [-0.39, 0.29) is 23.6 Å². The average molecular weight is 426 g/mol. The van der Waals surface area contributed by atoms with E-state index in [0.29, 0.717) is 11.3 Å². The largest absolute Gasteiger partial charge is 0.505 e. The van der Waals surface area contributed by atoms with Crippen LogP contribution >= 0.6 is 15.9 Å². The van der Waals surface area contributed by atoms with Crippen LogP contribution in [-0.2, 0) is 11.9 Å². The normalized spacial score (nSPS) is 11.4. The molecule has 0 saturated heterocycles. The minimum atomic E-state index is -0.495. The summed E-state index contributed by atoms with van der Waals surface area (Å²) >= 11 is 3.49. The van der Waals surface area contributed by atoms with Crippen LogP contribution in [0.1, 0.15) is 16.8 Å². The van der Waals surface area contributed by atoms with Gasteiger partial charge in [-0.05, 0) is 29.8 Å². The van der Waals surface area contributed by atoms with E-state index in [0.717, 1.165) is 19.9 Å². The van der Waals surface area contributed by atoms with Crippen molar-refractivity contribution in [2.24, 2.45) is 12.2 Å². The SMILES string of the molecule is C#CCO/N=C(/c1c(O)c(C)nn(C)c1=O)c1cc(Br)cc2ccccc12. The zero-order valence-electron chi connectivity index (χ0n) is 14.7. The van der Waals surface area contributed by atoms with Crippen LogP contribution in [0.3, 0.4) is 0 Å². The molecule has 0 atom stereocenters.